The molecule has 1 aromatic carbocycles. The third kappa shape index (κ3) is 6.35. The van der Waals surface area contributed by atoms with Gasteiger partial charge in [0.2, 0.25) is 0 Å². The highest BCUT2D eigenvalue weighted by atomic mass is 19.4. The van der Waals surface area contributed by atoms with Gasteiger partial charge >= 0.3 is 24.0 Å². The van der Waals surface area contributed by atoms with Crippen LogP contribution in [0.4, 0.5) is 18.9 Å². The summed E-state index contributed by atoms with van der Waals surface area (Å²) >= 11 is 0. The lowest BCUT2D eigenvalue weighted by Gasteiger charge is -2.32. The van der Waals surface area contributed by atoms with Crippen LogP contribution < -0.4 is 9.64 Å². The smallest absolute Gasteiger partial charge is 0.471 e. The van der Waals surface area contributed by atoms with Gasteiger partial charge in [-0.3, -0.25) is 9.59 Å². The quantitative estimate of drug-likeness (QED) is 0.343. The second-order valence-electron chi connectivity index (χ2n) is 8.97. The van der Waals surface area contributed by atoms with Crippen LogP contribution in [-0.2, 0) is 32.1 Å². The van der Waals surface area contributed by atoms with Crippen molar-refractivity contribution in [2.75, 3.05) is 12.0 Å². The summed E-state index contributed by atoms with van der Waals surface area (Å²) in [5.74, 6) is -2.96. The van der Waals surface area contributed by atoms with E-state index in [0.717, 1.165) is 5.57 Å². The summed E-state index contributed by atoms with van der Waals surface area (Å²) in [6.45, 7) is 9.72. The number of ether oxygens (including phenoxy) is 3. The normalized spacial score (nSPS) is 13.7. The molecule has 1 heterocycles. The Bertz CT molecular complexity index is 1030. The molecular weight excluding hydrogens is 467 g/mol. The average Bonchev–Trinajstić information content (AvgIpc) is 3.12. The number of allylic oxidation sites excluding steroid dienone is 2. The van der Waals surface area contributed by atoms with E-state index in [-0.39, 0.29) is 54.1 Å². The highest BCUT2D eigenvalue weighted by Crippen LogP contribution is 2.44. The van der Waals surface area contributed by atoms with Crippen molar-refractivity contribution in [2.24, 2.45) is 0 Å². The van der Waals surface area contributed by atoms with Gasteiger partial charge in [0.05, 0.1) is 24.5 Å². The number of halogens is 3. The molecule has 10 heteroatoms. The van der Waals surface area contributed by atoms with E-state index in [1.807, 2.05) is 0 Å². The Morgan fingerprint density at radius 1 is 1.17 bits per heavy atom. The molecule has 0 bridgehead atoms. The third-order valence-corrected chi connectivity index (χ3v) is 5.61. The van der Waals surface area contributed by atoms with Gasteiger partial charge in [-0.1, -0.05) is 11.6 Å². The first-order valence-corrected chi connectivity index (χ1v) is 11.4. The summed E-state index contributed by atoms with van der Waals surface area (Å²) in [7, 11) is 1.38. The molecule has 35 heavy (non-hydrogen) atoms. The maximum absolute atomic E-state index is 13.6. The van der Waals surface area contributed by atoms with Gasteiger partial charge in [-0.05, 0) is 59.9 Å². The monoisotopic (exact) mass is 499 g/mol. The zero-order chi connectivity index (χ0) is 26.7. The number of rotatable bonds is 9. The first-order chi connectivity index (χ1) is 16.2. The van der Waals surface area contributed by atoms with E-state index in [4.69, 9.17) is 14.2 Å². The molecule has 0 spiro atoms. The molecule has 194 valence electrons. The van der Waals surface area contributed by atoms with Crippen LogP contribution in [0.25, 0.3) is 0 Å². The largest absolute Gasteiger partial charge is 0.496 e. The van der Waals surface area contributed by atoms with E-state index in [9.17, 15) is 27.6 Å². The second kappa shape index (κ2) is 11.1. The molecule has 0 fully saturated rings. The zero-order valence-corrected chi connectivity index (χ0v) is 21.1. The summed E-state index contributed by atoms with van der Waals surface area (Å²) in [5.41, 5.74) is 1.78. The number of alkyl halides is 3. The van der Waals surface area contributed by atoms with Gasteiger partial charge in [-0.25, -0.2) is 4.79 Å². The predicted octanol–water partition coefficient (Wildman–Crippen LogP) is 5.20. The Hall–Kier alpha value is -3.04. The van der Waals surface area contributed by atoms with Crippen molar-refractivity contribution in [3.8, 4) is 5.75 Å². The van der Waals surface area contributed by atoms with E-state index in [0.29, 0.717) is 22.4 Å². The predicted molar refractivity (Wildman–Crippen MR) is 123 cm³/mol. The Morgan fingerprint density at radius 3 is 2.31 bits per heavy atom. The van der Waals surface area contributed by atoms with Crippen molar-refractivity contribution < 1.29 is 41.8 Å². The Labute approximate surface area is 203 Å². The minimum absolute atomic E-state index is 0.0591. The number of fused-ring (bicyclic) bond motifs is 1. The maximum atomic E-state index is 13.6. The molecule has 0 saturated carbocycles. The Kier molecular flexibility index (Phi) is 8.97. The summed E-state index contributed by atoms with van der Waals surface area (Å²) in [6, 6.07) is -0.913. The fraction of sp³-hybridized carbons (Fsp3) is 0.560. The molecule has 0 aliphatic carbocycles. The van der Waals surface area contributed by atoms with Gasteiger partial charge < -0.3 is 19.1 Å². The third-order valence-electron chi connectivity index (χ3n) is 5.61. The number of carbonyl (C=O) groups excluding carboxylic acids is 3. The van der Waals surface area contributed by atoms with E-state index in [2.05, 4.69) is 0 Å². The minimum Gasteiger partial charge on any atom is -0.496 e. The molecule has 0 radical (unpaired) electrons. The molecule has 0 unspecified atom stereocenters. The van der Waals surface area contributed by atoms with Crippen LogP contribution in [0.1, 0.15) is 74.5 Å². The SMILES string of the molecule is COc1c(C)c2c(c(N(C(=O)C(F)(F)F)C(C)C)c1CC=C(C)CCC(=O)OC(C)C)C(=O)OC2. The Morgan fingerprint density at radius 2 is 1.80 bits per heavy atom. The van der Waals surface area contributed by atoms with Crippen LogP contribution >= 0.6 is 0 Å². The van der Waals surface area contributed by atoms with E-state index in [1.165, 1.54) is 21.0 Å². The van der Waals surface area contributed by atoms with Crippen LogP contribution in [-0.4, -0.2) is 43.3 Å². The van der Waals surface area contributed by atoms with Crippen LogP contribution in [0.15, 0.2) is 11.6 Å². The van der Waals surface area contributed by atoms with E-state index >= 15 is 0 Å². The number of hydrogen-bond acceptors (Lipinski definition) is 6. The molecule has 0 aromatic heterocycles. The molecule has 0 atom stereocenters. The summed E-state index contributed by atoms with van der Waals surface area (Å²) in [5, 5.41) is 0. The number of benzene rings is 1. The van der Waals surface area contributed by atoms with Gasteiger partial charge in [0.15, 0.2) is 0 Å². The molecule has 2 rings (SSSR count). The van der Waals surface area contributed by atoms with Crippen molar-refractivity contribution in [3.63, 3.8) is 0 Å². The minimum atomic E-state index is -5.16. The molecule has 1 amide bonds. The summed E-state index contributed by atoms with van der Waals surface area (Å²) < 4.78 is 56.5. The van der Waals surface area contributed by atoms with Gasteiger partial charge in [0, 0.05) is 23.6 Å². The zero-order valence-electron chi connectivity index (χ0n) is 21.1. The lowest BCUT2D eigenvalue weighted by molar-refractivity contribution is -0.170. The number of esters is 2. The topological polar surface area (TPSA) is 82.1 Å². The van der Waals surface area contributed by atoms with Crippen LogP contribution in [0.3, 0.4) is 0 Å². The van der Waals surface area contributed by atoms with Gasteiger partial charge in [-0.2, -0.15) is 13.2 Å². The number of carbonyl (C=O) groups is 3. The lowest BCUT2D eigenvalue weighted by atomic mass is 9.92. The van der Waals surface area contributed by atoms with Crippen molar-refractivity contribution in [2.45, 2.75) is 85.7 Å². The highest BCUT2D eigenvalue weighted by Gasteiger charge is 2.47. The number of nitrogens with zero attached hydrogens (tertiary/aromatic N) is 1. The fourth-order valence-electron chi connectivity index (χ4n) is 4.02. The summed E-state index contributed by atoms with van der Waals surface area (Å²) in [4.78, 5) is 37.6. The number of anilines is 1. The molecule has 1 aliphatic heterocycles. The van der Waals surface area contributed by atoms with Crippen molar-refractivity contribution in [1.82, 2.24) is 0 Å². The van der Waals surface area contributed by atoms with Crippen LogP contribution in [0.2, 0.25) is 0 Å². The van der Waals surface area contributed by atoms with Crippen molar-refractivity contribution >= 4 is 23.5 Å². The van der Waals surface area contributed by atoms with Crippen LogP contribution in [0.5, 0.6) is 5.75 Å². The number of hydrogen-bond donors (Lipinski definition) is 0. The highest BCUT2D eigenvalue weighted by molar-refractivity contribution is 6.08. The number of amides is 1. The van der Waals surface area contributed by atoms with Crippen molar-refractivity contribution in [3.05, 3.63) is 33.9 Å². The van der Waals surface area contributed by atoms with Gasteiger partial charge in [0.1, 0.15) is 12.4 Å². The maximum Gasteiger partial charge on any atom is 0.471 e. The van der Waals surface area contributed by atoms with Crippen LogP contribution in [0, 0.1) is 6.92 Å². The molecule has 7 nitrogen and oxygen atoms in total. The van der Waals surface area contributed by atoms with E-state index < -0.39 is 24.1 Å². The standard InChI is InChI=1S/C25H32F3NO6/c1-13(2)29(24(32)25(26,27)28)21-17(10-8-15(5)9-11-19(30)35-14(3)4)22(33-7)16(6)18-12-34-23(31)20(18)21/h8,13-14H,9-12H2,1-7H3. The number of cyclic esters (lactones) is 1. The molecule has 0 N–H and O–H groups in total. The first kappa shape index (κ1) is 28.2. The second-order valence-corrected chi connectivity index (χ2v) is 8.97. The molecule has 1 aliphatic rings. The fourth-order valence-corrected chi connectivity index (χ4v) is 4.02. The lowest BCUT2D eigenvalue weighted by Crippen LogP contribution is -2.46. The van der Waals surface area contributed by atoms with Crippen molar-refractivity contribution in [1.29, 1.82) is 0 Å². The van der Waals surface area contributed by atoms with E-state index in [1.54, 1.807) is 33.8 Å². The van der Waals surface area contributed by atoms with Gasteiger partial charge in [-0.15, -0.1) is 0 Å². The number of methoxy groups -OCH3 is 1. The first-order valence-electron chi connectivity index (χ1n) is 11.4. The molecule has 0 saturated heterocycles. The molecular formula is C25H32F3NO6. The Balaban J connectivity index is 2.63. The molecule has 1 aromatic rings. The summed E-state index contributed by atoms with van der Waals surface area (Å²) in [6.07, 6.45) is -3.06. The average molecular weight is 500 g/mol. The van der Waals surface area contributed by atoms with Gasteiger partial charge in [0.25, 0.3) is 0 Å².